The molecule has 11 heteroatoms. The zero-order chi connectivity index (χ0) is 29.7. The van der Waals surface area contributed by atoms with Gasteiger partial charge in [0.25, 0.3) is 0 Å². The van der Waals surface area contributed by atoms with Gasteiger partial charge in [0.05, 0.1) is 23.7 Å². The molecule has 0 bridgehead atoms. The highest BCUT2D eigenvalue weighted by atomic mass is 16.6. The van der Waals surface area contributed by atoms with Crippen molar-refractivity contribution in [2.24, 2.45) is 23.7 Å². The van der Waals surface area contributed by atoms with E-state index in [0.29, 0.717) is 6.42 Å². The van der Waals surface area contributed by atoms with Crippen LogP contribution < -0.4 is 0 Å². The molecule has 3 aliphatic rings. The smallest absolute Gasteiger partial charge is 0.337 e. The van der Waals surface area contributed by atoms with E-state index in [-0.39, 0.29) is 53.6 Å². The Morgan fingerprint density at radius 2 is 1.68 bits per heavy atom. The highest BCUT2D eigenvalue weighted by molar-refractivity contribution is 5.93. The van der Waals surface area contributed by atoms with Gasteiger partial charge in [0.1, 0.15) is 31.5 Å². The molecule has 0 aromatic rings. The van der Waals surface area contributed by atoms with Crippen molar-refractivity contribution in [1.29, 1.82) is 0 Å². The molecule has 218 valence electrons. The summed E-state index contributed by atoms with van der Waals surface area (Å²) in [5.41, 5.74) is 0.886. The molecule has 2 saturated carbocycles. The van der Waals surface area contributed by atoms with E-state index in [1.807, 2.05) is 6.92 Å². The first kappa shape index (κ1) is 30.8. The van der Waals surface area contributed by atoms with Crippen LogP contribution in [-0.4, -0.2) is 73.1 Å². The topological polar surface area (TPSA) is 152 Å². The van der Waals surface area contributed by atoms with Crippen LogP contribution in [-0.2, 0) is 47.7 Å². The third-order valence-electron chi connectivity index (χ3n) is 7.75. The van der Waals surface area contributed by atoms with Crippen LogP contribution in [0.15, 0.2) is 47.6 Å². The number of aliphatic hydroxyl groups is 1. The molecule has 2 aliphatic carbocycles. The molecular weight excluding hydrogens is 524 g/mol. The summed E-state index contributed by atoms with van der Waals surface area (Å²) in [4.78, 5) is 61.0. The van der Waals surface area contributed by atoms with Crippen LogP contribution in [0.4, 0.5) is 0 Å². The van der Waals surface area contributed by atoms with Gasteiger partial charge in [0.15, 0.2) is 0 Å². The standard InChI is InChI=1S/C29H36O11/c1-7-19(12-36-17(5)31)28(34)37-13-20(8-9-30)29(35)39-23-10-14(2)21-11-22(38-18(6)32)15(3)24(21)26-25(23)16(4)27(33)40-26/h7-8,15,21-26,30H,2,4,9-13H2,1,3,5-6H3/b19-7+,20-8+/t15-,21-,22+,23-,24+,25-,26-/m1/s1. The Kier molecular flexibility index (Phi) is 10.1. The van der Waals surface area contributed by atoms with Crippen molar-refractivity contribution >= 4 is 29.8 Å². The number of carbonyl (C=O) groups excluding carboxylic acids is 5. The van der Waals surface area contributed by atoms with Crippen LogP contribution >= 0.6 is 0 Å². The van der Waals surface area contributed by atoms with E-state index in [4.69, 9.17) is 23.7 Å². The first-order valence-electron chi connectivity index (χ1n) is 13.1. The highest BCUT2D eigenvalue weighted by Crippen LogP contribution is 2.53. The fraction of sp³-hybridized carbons (Fsp3) is 0.552. The van der Waals surface area contributed by atoms with Crippen molar-refractivity contribution in [1.82, 2.24) is 0 Å². The SMILES string of the molecule is C=C1C(=O)O[C@H]2[C@H]1[C@H](OC(=O)/C(=C/CO)COC(=O)/C(=C/C)COC(C)=O)CC(=C)[C@H]1C[C@H](OC(C)=O)[C@@H](C)[C@H]21. The second-order valence-electron chi connectivity index (χ2n) is 10.2. The van der Waals surface area contributed by atoms with Crippen LogP contribution in [0.25, 0.3) is 0 Å². The lowest BCUT2D eigenvalue weighted by atomic mass is 9.79. The minimum absolute atomic E-state index is 0.0699. The van der Waals surface area contributed by atoms with Gasteiger partial charge in [-0.25, -0.2) is 14.4 Å². The molecule has 7 atom stereocenters. The number of carbonyl (C=O) groups is 5. The number of fused-ring (bicyclic) bond motifs is 3. The maximum atomic E-state index is 13.2. The summed E-state index contributed by atoms with van der Waals surface area (Å²) >= 11 is 0. The average molecular weight is 561 g/mol. The highest BCUT2D eigenvalue weighted by Gasteiger charge is 2.58. The van der Waals surface area contributed by atoms with Gasteiger partial charge >= 0.3 is 29.8 Å². The van der Waals surface area contributed by atoms with Crippen molar-refractivity contribution in [2.75, 3.05) is 19.8 Å². The molecule has 0 amide bonds. The lowest BCUT2D eigenvalue weighted by Crippen LogP contribution is -2.38. The van der Waals surface area contributed by atoms with Crippen LogP contribution in [0.3, 0.4) is 0 Å². The van der Waals surface area contributed by atoms with Crippen LogP contribution in [0.2, 0.25) is 0 Å². The summed E-state index contributed by atoms with van der Waals surface area (Å²) in [5, 5.41) is 9.47. The van der Waals surface area contributed by atoms with Gasteiger partial charge in [0.2, 0.25) is 0 Å². The summed E-state index contributed by atoms with van der Waals surface area (Å²) in [6.45, 7) is 12.8. The first-order chi connectivity index (χ1) is 18.9. The number of rotatable bonds is 9. The molecule has 3 fully saturated rings. The molecule has 1 N–H and O–H groups in total. The third-order valence-corrected chi connectivity index (χ3v) is 7.75. The predicted molar refractivity (Wildman–Crippen MR) is 139 cm³/mol. The van der Waals surface area contributed by atoms with Gasteiger partial charge < -0.3 is 28.8 Å². The van der Waals surface area contributed by atoms with E-state index >= 15 is 0 Å². The Morgan fingerprint density at radius 1 is 1.00 bits per heavy atom. The minimum atomic E-state index is -0.859. The quantitative estimate of drug-likeness (QED) is 0.191. The Morgan fingerprint density at radius 3 is 2.27 bits per heavy atom. The number of aliphatic hydroxyl groups excluding tert-OH is 1. The minimum Gasteiger partial charge on any atom is -0.462 e. The Labute approximate surface area is 232 Å². The van der Waals surface area contributed by atoms with Gasteiger partial charge in [0, 0.05) is 37.7 Å². The number of hydrogen-bond acceptors (Lipinski definition) is 11. The van der Waals surface area contributed by atoms with Gasteiger partial charge in [-0.15, -0.1) is 0 Å². The van der Waals surface area contributed by atoms with Crippen molar-refractivity contribution in [3.63, 3.8) is 0 Å². The van der Waals surface area contributed by atoms with E-state index in [1.165, 1.54) is 19.9 Å². The van der Waals surface area contributed by atoms with Crippen molar-refractivity contribution in [3.8, 4) is 0 Å². The van der Waals surface area contributed by atoms with E-state index < -0.39 is 61.2 Å². The number of allylic oxidation sites excluding steroid dienone is 1. The van der Waals surface area contributed by atoms with Crippen molar-refractivity contribution in [3.05, 3.63) is 47.6 Å². The average Bonchev–Trinajstić information content (AvgIpc) is 3.32. The van der Waals surface area contributed by atoms with Gasteiger partial charge in [-0.3, -0.25) is 9.59 Å². The maximum absolute atomic E-state index is 13.2. The molecule has 40 heavy (non-hydrogen) atoms. The Bertz CT molecular complexity index is 1150. The molecule has 11 nitrogen and oxygen atoms in total. The summed E-state index contributed by atoms with van der Waals surface area (Å²) in [7, 11) is 0. The van der Waals surface area contributed by atoms with Crippen molar-refractivity contribution in [2.45, 2.75) is 58.8 Å². The fourth-order valence-corrected chi connectivity index (χ4v) is 5.78. The van der Waals surface area contributed by atoms with Crippen LogP contribution in [0.1, 0.15) is 40.5 Å². The monoisotopic (exact) mass is 560 g/mol. The lowest BCUT2D eigenvalue weighted by molar-refractivity contribution is -0.153. The van der Waals surface area contributed by atoms with E-state index in [9.17, 15) is 29.1 Å². The summed E-state index contributed by atoms with van der Waals surface area (Å²) in [5.74, 6) is -4.40. The molecular formula is C29H36O11. The molecule has 0 radical (unpaired) electrons. The second-order valence-corrected chi connectivity index (χ2v) is 10.2. The molecule has 3 rings (SSSR count). The van der Waals surface area contributed by atoms with Crippen LogP contribution in [0, 0.1) is 23.7 Å². The summed E-state index contributed by atoms with van der Waals surface area (Å²) < 4.78 is 27.2. The lowest BCUT2D eigenvalue weighted by Gasteiger charge is -2.30. The van der Waals surface area contributed by atoms with E-state index in [0.717, 1.165) is 11.6 Å². The zero-order valence-electron chi connectivity index (χ0n) is 23.2. The maximum Gasteiger partial charge on any atom is 0.337 e. The van der Waals surface area contributed by atoms with Crippen LogP contribution in [0.5, 0.6) is 0 Å². The molecule has 1 heterocycles. The van der Waals surface area contributed by atoms with Crippen molar-refractivity contribution < 1.29 is 52.8 Å². The summed E-state index contributed by atoms with van der Waals surface area (Å²) in [6, 6.07) is 0. The second kappa shape index (κ2) is 13.1. The van der Waals surface area contributed by atoms with E-state index in [1.54, 1.807) is 6.92 Å². The summed E-state index contributed by atoms with van der Waals surface area (Å²) in [6.07, 6.45) is 1.40. The number of ether oxygens (including phenoxy) is 5. The normalized spacial score (nSPS) is 30.0. The predicted octanol–water partition coefficient (Wildman–Crippen LogP) is 2.13. The zero-order valence-corrected chi connectivity index (χ0v) is 23.2. The molecule has 1 saturated heterocycles. The third kappa shape index (κ3) is 6.70. The Hall–Kier alpha value is -3.73. The van der Waals surface area contributed by atoms with Gasteiger partial charge in [-0.05, 0) is 25.3 Å². The fourth-order valence-electron chi connectivity index (χ4n) is 5.78. The number of hydrogen-bond donors (Lipinski definition) is 1. The molecule has 0 aromatic carbocycles. The molecule has 0 unspecified atom stereocenters. The van der Waals surface area contributed by atoms with E-state index in [2.05, 4.69) is 13.2 Å². The Balaban J connectivity index is 1.77. The molecule has 0 spiro atoms. The van der Waals surface area contributed by atoms with Gasteiger partial charge in [-0.2, -0.15) is 0 Å². The molecule has 1 aliphatic heterocycles. The molecule has 0 aromatic heterocycles. The largest absolute Gasteiger partial charge is 0.462 e. The number of esters is 5. The first-order valence-corrected chi connectivity index (χ1v) is 13.1. The van der Waals surface area contributed by atoms with Gasteiger partial charge in [-0.1, -0.05) is 31.7 Å².